The van der Waals surface area contributed by atoms with Crippen molar-refractivity contribution in [2.24, 2.45) is 0 Å². The lowest BCUT2D eigenvalue weighted by atomic mass is 10.2. The molecule has 0 amide bonds. The highest BCUT2D eigenvalue weighted by molar-refractivity contribution is 7.99. The molecule has 3 nitrogen and oxygen atoms in total. The zero-order chi connectivity index (χ0) is 14.7. The van der Waals surface area contributed by atoms with Crippen molar-refractivity contribution in [1.29, 1.82) is 5.26 Å². The summed E-state index contributed by atoms with van der Waals surface area (Å²) in [6, 6.07) is 13.2. The summed E-state index contributed by atoms with van der Waals surface area (Å²) in [6.07, 6.45) is 0.879. The maximum absolute atomic E-state index is 9.17. The van der Waals surface area contributed by atoms with Gasteiger partial charge in [0.05, 0.1) is 18.8 Å². The summed E-state index contributed by atoms with van der Waals surface area (Å²) in [4.78, 5) is 1.82. The zero-order valence-corrected chi connectivity index (χ0v) is 12.7. The summed E-state index contributed by atoms with van der Waals surface area (Å²) in [7, 11) is 0. The average Bonchev–Trinajstić information content (AvgIpc) is 2.72. The fourth-order valence-corrected chi connectivity index (χ4v) is 3.21. The Kier molecular flexibility index (Phi) is 4.23. The van der Waals surface area contributed by atoms with Gasteiger partial charge in [0.25, 0.3) is 0 Å². The molecule has 2 aromatic rings. The predicted molar refractivity (Wildman–Crippen MR) is 82.3 cm³/mol. The number of ether oxygens (including phenoxy) is 2. The molecule has 0 N–H and O–H groups in total. The number of halogens is 1. The van der Waals surface area contributed by atoms with E-state index in [1.54, 1.807) is 18.2 Å². The minimum atomic E-state index is 0.608. The van der Waals surface area contributed by atoms with Gasteiger partial charge in [0.15, 0.2) is 11.5 Å². The van der Waals surface area contributed by atoms with Crippen LogP contribution in [0.4, 0.5) is 0 Å². The van der Waals surface area contributed by atoms with Crippen LogP contribution in [0.1, 0.15) is 12.0 Å². The number of nitrogens with zero attached hydrogens (tertiary/aromatic N) is 1. The van der Waals surface area contributed by atoms with Crippen molar-refractivity contribution in [3.05, 3.63) is 47.0 Å². The number of hydrogen-bond donors (Lipinski definition) is 0. The molecule has 0 spiro atoms. The van der Waals surface area contributed by atoms with Crippen LogP contribution in [0.3, 0.4) is 0 Å². The van der Waals surface area contributed by atoms with E-state index in [1.165, 1.54) is 11.8 Å². The SMILES string of the molecule is N#Cc1ccc(Cl)cc1Sc1ccc2c(c1)OCCCO2. The molecule has 0 radical (unpaired) electrons. The Morgan fingerprint density at radius 1 is 1.05 bits per heavy atom. The quantitative estimate of drug-likeness (QED) is 0.816. The highest BCUT2D eigenvalue weighted by atomic mass is 35.5. The van der Waals surface area contributed by atoms with Gasteiger partial charge in [0.1, 0.15) is 6.07 Å². The largest absolute Gasteiger partial charge is 0.490 e. The second-order valence-electron chi connectivity index (χ2n) is 4.51. The average molecular weight is 318 g/mol. The molecule has 5 heteroatoms. The first-order valence-corrected chi connectivity index (χ1v) is 7.73. The molecular weight excluding hydrogens is 306 g/mol. The molecule has 0 aliphatic carbocycles. The van der Waals surface area contributed by atoms with Crippen LogP contribution >= 0.6 is 23.4 Å². The van der Waals surface area contributed by atoms with E-state index in [-0.39, 0.29) is 0 Å². The van der Waals surface area contributed by atoms with Crippen LogP contribution in [0.2, 0.25) is 5.02 Å². The van der Waals surface area contributed by atoms with E-state index in [2.05, 4.69) is 6.07 Å². The van der Waals surface area contributed by atoms with Crippen molar-refractivity contribution >= 4 is 23.4 Å². The van der Waals surface area contributed by atoms with Crippen molar-refractivity contribution in [1.82, 2.24) is 0 Å². The topological polar surface area (TPSA) is 42.2 Å². The fraction of sp³-hybridized carbons (Fsp3) is 0.188. The first kappa shape index (κ1) is 14.1. The van der Waals surface area contributed by atoms with Crippen molar-refractivity contribution < 1.29 is 9.47 Å². The van der Waals surface area contributed by atoms with Crippen LogP contribution < -0.4 is 9.47 Å². The molecule has 0 aromatic heterocycles. The van der Waals surface area contributed by atoms with E-state index in [0.29, 0.717) is 23.8 Å². The molecule has 0 saturated carbocycles. The van der Waals surface area contributed by atoms with E-state index in [4.69, 9.17) is 26.3 Å². The Morgan fingerprint density at radius 2 is 1.86 bits per heavy atom. The molecule has 0 bridgehead atoms. The third-order valence-electron chi connectivity index (χ3n) is 3.01. The van der Waals surface area contributed by atoms with Crippen LogP contribution in [0.15, 0.2) is 46.2 Å². The highest BCUT2D eigenvalue weighted by Crippen LogP contribution is 2.38. The molecule has 1 aliphatic heterocycles. The minimum absolute atomic E-state index is 0.608. The minimum Gasteiger partial charge on any atom is -0.490 e. The van der Waals surface area contributed by atoms with Crippen LogP contribution in [-0.4, -0.2) is 13.2 Å². The lowest BCUT2D eigenvalue weighted by Crippen LogP contribution is -1.97. The lowest BCUT2D eigenvalue weighted by Gasteiger charge is -2.10. The first-order valence-electron chi connectivity index (χ1n) is 6.53. The lowest BCUT2D eigenvalue weighted by molar-refractivity contribution is 0.297. The summed E-state index contributed by atoms with van der Waals surface area (Å²) in [5.74, 6) is 1.52. The van der Waals surface area contributed by atoms with Crippen LogP contribution in [0.5, 0.6) is 11.5 Å². The molecule has 0 atom stereocenters. The van der Waals surface area contributed by atoms with Gasteiger partial charge in [-0.15, -0.1) is 0 Å². The van der Waals surface area contributed by atoms with Gasteiger partial charge in [0.2, 0.25) is 0 Å². The molecule has 2 aromatic carbocycles. The number of nitriles is 1. The normalized spacial score (nSPS) is 13.3. The van der Waals surface area contributed by atoms with Gasteiger partial charge in [-0.2, -0.15) is 5.26 Å². The molecule has 3 rings (SSSR count). The standard InChI is InChI=1S/C16H12ClNO2S/c17-12-3-2-11(10-18)16(8-12)21-13-4-5-14-15(9-13)20-7-1-6-19-14/h2-5,8-9H,1,6-7H2. The summed E-state index contributed by atoms with van der Waals surface area (Å²) < 4.78 is 11.3. The van der Waals surface area contributed by atoms with E-state index < -0.39 is 0 Å². The predicted octanol–water partition coefficient (Wildman–Crippen LogP) is 4.52. The second kappa shape index (κ2) is 6.30. The molecule has 106 valence electrons. The molecule has 1 heterocycles. The van der Waals surface area contributed by atoms with Crippen molar-refractivity contribution in [2.45, 2.75) is 16.2 Å². The van der Waals surface area contributed by atoms with Crippen molar-refractivity contribution in [2.75, 3.05) is 13.2 Å². The van der Waals surface area contributed by atoms with E-state index in [0.717, 1.165) is 27.7 Å². The third-order valence-corrected chi connectivity index (χ3v) is 4.29. The van der Waals surface area contributed by atoms with Gasteiger partial charge >= 0.3 is 0 Å². The van der Waals surface area contributed by atoms with E-state index in [1.807, 2.05) is 18.2 Å². The van der Waals surface area contributed by atoms with Crippen LogP contribution in [-0.2, 0) is 0 Å². The number of benzene rings is 2. The third kappa shape index (κ3) is 3.26. The van der Waals surface area contributed by atoms with Crippen LogP contribution in [0, 0.1) is 11.3 Å². The van der Waals surface area contributed by atoms with E-state index >= 15 is 0 Å². The van der Waals surface area contributed by atoms with Gasteiger partial charge in [-0.25, -0.2) is 0 Å². The fourth-order valence-electron chi connectivity index (χ4n) is 2.01. The molecule has 21 heavy (non-hydrogen) atoms. The Morgan fingerprint density at radius 3 is 2.67 bits per heavy atom. The van der Waals surface area contributed by atoms with Crippen molar-refractivity contribution in [3.8, 4) is 17.6 Å². The summed E-state index contributed by atoms with van der Waals surface area (Å²) in [5, 5.41) is 9.78. The smallest absolute Gasteiger partial charge is 0.162 e. The second-order valence-corrected chi connectivity index (χ2v) is 6.07. The van der Waals surface area contributed by atoms with Gasteiger partial charge < -0.3 is 9.47 Å². The number of rotatable bonds is 2. The van der Waals surface area contributed by atoms with Crippen molar-refractivity contribution in [3.63, 3.8) is 0 Å². The highest BCUT2D eigenvalue weighted by Gasteiger charge is 2.12. The Bertz CT molecular complexity index is 712. The van der Waals surface area contributed by atoms with Gasteiger partial charge in [-0.1, -0.05) is 23.4 Å². The molecule has 0 saturated heterocycles. The van der Waals surface area contributed by atoms with Gasteiger partial charge in [0, 0.05) is 21.2 Å². The molecule has 1 aliphatic rings. The Labute approximate surface area is 132 Å². The number of hydrogen-bond acceptors (Lipinski definition) is 4. The molecular formula is C16H12ClNO2S. The maximum Gasteiger partial charge on any atom is 0.162 e. The number of fused-ring (bicyclic) bond motifs is 1. The maximum atomic E-state index is 9.17. The summed E-state index contributed by atoms with van der Waals surface area (Å²) in [6.45, 7) is 1.33. The summed E-state index contributed by atoms with van der Waals surface area (Å²) >= 11 is 7.50. The van der Waals surface area contributed by atoms with Crippen LogP contribution in [0.25, 0.3) is 0 Å². The molecule has 0 unspecified atom stereocenters. The molecule has 0 fully saturated rings. The zero-order valence-electron chi connectivity index (χ0n) is 11.1. The van der Waals surface area contributed by atoms with Gasteiger partial charge in [-0.3, -0.25) is 0 Å². The van der Waals surface area contributed by atoms with E-state index in [9.17, 15) is 0 Å². The monoisotopic (exact) mass is 317 g/mol. The van der Waals surface area contributed by atoms with Gasteiger partial charge in [-0.05, 0) is 36.4 Å². The Hall–Kier alpha value is -1.83. The Balaban J connectivity index is 1.90. The first-order chi connectivity index (χ1) is 10.3. The summed E-state index contributed by atoms with van der Waals surface area (Å²) in [5.41, 5.74) is 0.608.